The molecule has 0 bridgehead atoms. The number of aromatic amines is 1. The summed E-state index contributed by atoms with van der Waals surface area (Å²) in [5.74, 6) is -0.352. The Morgan fingerprint density at radius 3 is 2.79 bits per heavy atom. The van der Waals surface area contributed by atoms with Crippen molar-refractivity contribution in [3.05, 3.63) is 59.5 Å². The first kappa shape index (κ1) is 15.7. The van der Waals surface area contributed by atoms with Crippen LogP contribution in [-0.2, 0) is 11.3 Å². The van der Waals surface area contributed by atoms with Crippen LogP contribution in [0.1, 0.15) is 28.7 Å². The summed E-state index contributed by atoms with van der Waals surface area (Å²) in [4.78, 5) is 30.8. The summed E-state index contributed by atoms with van der Waals surface area (Å²) in [7, 11) is 0. The van der Waals surface area contributed by atoms with Crippen LogP contribution in [0.15, 0.2) is 42.6 Å². The Morgan fingerprint density at radius 1 is 1.17 bits per heavy atom. The molecule has 0 spiro atoms. The summed E-state index contributed by atoms with van der Waals surface area (Å²) in [6, 6.07) is 11.1. The summed E-state index contributed by atoms with van der Waals surface area (Å²) < 4.78 is 0. The molecular weight excluding hydrogens is 304 g/mol. The molecule has 0 aliphatic carbocycles. The molecule has 0 aliphatic heterocycles. The molecule has 122 valence electrons. The fourth-order valence-electron chi connectivity index (χ4n) is 2.49. The van der Waals surface area contributed by atoms with Gasteiger partial charge in [-0.15, -0.1) is 0 Å². The van der Waals surface area contributed by atoms with Crippen LogP contribution in [0.5, 0.6) is 0 Å². The Hall–Kier alpha value is -3.15. The van der Waals surface area contributed by atoms with E-state index in [1.54, 1.807) is 18.3 Å². The fraction of sp³-hybridized carbons (Fsp3) is 0.167. The van der Waals surface area contributed by atoms with Crippen molar-refractivity contribution in [1.82, 2.24) is 15.3 Å². The monoisotopic (exact) mass is 322 g/mol. The van der Waals surface area contributed by atoms with Gasteiger partial charge in [-0.1, -0.05) is 0 Å². The second kappa shape index (κ2) is 6.54. The molecule has 0 fully saturated rings. The topological polar surface area (TPSA) is 86.9 Å². The summed E-state index contributed by atoms with van der Waals surface area (Å²) >= 11 is 0. The Labute approximate surface area is 139 Å². The van der Waals surface area contributed by atoms with E-state index in [2.05, 4.69) is 20.6 Å². The number of benzene rings is 1. The van der Waals surface area contributed by atoms with E-state index in [1.165, 1.54) is 6.92 Å². The highest BCUT2D eigenvalue weighted by atomic mass is 16.2. The minimum Gasteiger partial charge on any atom is -0.359 e. The molecule has 0 aliphatic rings. The first-order chi connectivity index (χ1) is 11.5. The number of amides is 2. The zero-order valence-electron chi connectivity index (χ0n) is 13.5. The maximum Gasteiger partial charge on any atom is 0.255 e. The van der Waals surface area contributed by atoms with E-state index in [0.29, 0.717) is 17.8 Å². The highest BCUT2D eigenvalue weighted by Crippen LogP contribution is 2.20. The molecule has 24 heavy (non-hydrogen) atoms. The second-order valence-corrected chi connectivity index (χ2v) is 5.65. The molecule has 3 rings (SSSR count). The molecule has 6 heteroatoms. The molecule has 0 saturated carbocycles. The van der Waals surface area contributed by atoms with Crippen LogP contribution < -0.4 is 10.6 Å². The zero-order valence-corrected chi connectivity index (χ0v) is 13.5. The van der Waals surface area contributed by atoms with Gasteiger partial charge in [-0.2, -0.15) is 0 Å². The van der Waals surface area contributed by atoms with Gasteiger partial charge in [0, 0.05) is 41.0 Å². The molecule has 2 aromatic heterocycles. The number of carbonyl (C=O) groups is 2. The van der Waals surface area contributed by atoms with E-state index < -0.39 is 0 Å². The minimum absolute atomic E-state index is 0.137. The van der Waals surface area contributed by atoms with Crippen LogP contribution in [-0.4, -0.2) is 21.8 Å². The fourth-order valence-corrected chi connectivity index (χ4v) is 2.49. The number of nitrogens with one attached hydrogen (secondary N) is 3. The summed E-state index contributed by atoms with van der Waals surface area (Å²) in [5, 5.41) is 6.59. The molecule has 1 aromatic carbocycles. The van der Waals surface area contributed by atoms with Gasteiger partial charge < -0.3 is 15.6 Å². The van der Waals surface area contributed by atoms with E-state index in [0.717, 1.165) is 22.3 Å². The number of nitrogens with zero attached hydrogens (tertiary/aromatic N) is 1. The van der Waals surface area contributed by atoms with Crippen LogP contribution in [0.25, 0.3) is 10.9 Å². The Balaban J connectivity index is 1.75. The number of carbonyl (C=O) groups excluding carboxylic acids is 2. The number of pyridine rings is 1. The molecule has 3 N–H and O–H groups in total. The van der Waals surface area contributed by atoms with Crippen LogP contribution in [0, 0.1) is 6.92 Å². The van der Waals surface area contributed by atoms with Crippen molar-refractivity contribution in [2.45, 2.75) is 20.4 Å². The summed E-state index contributed by atoms with van der Waals surface area (Å²) in [5.41, 5.74) is 3.97. The molecule has 2 heterocycles. The number of hydrogen-bond acceptors (Lipinski definition) is 3. The van der Waals surface area contributed by atoms with Gasteiger partial charge in [0.25, 0.3) is 5.91 Å². The van der Waals surface area contributed by atoms with E-state index in [1.807, 2.05) is 31.2 Å². The summed E-state index contributed by atoms with van der Waals surface area (Å²) in [6.07, 6.45) is 1.56. The first-order valence-corrected chi connectivity index (χ1v) is 7.61. The van der Waals surface area contributed by atoms with Crippen LogP contribution in [0.3, 0.4) is 0 Å². The average Bonchev–Trinajstić information content (AvgIpc) is 2.92. The predicted molar refractivity (Wildman–Crippen MR) is 92.7 cm³/mol. The van der Waals surface area contributed by atoms with Crippen LogP contribution in [0.4, 0.5) is 5.69 Å². The zero-order chi connectivity index (χ0) is 17.1. The molecule has 0 atom stereocenters. The predicted octanol–water partition coefficient (Wildman–Crippen LogP) is 2.76. The van der Waals surface area contributed by atoms with Gasteiger partial charge in [0.2, 0.25) is 5.91 Å². The van der Waals surface area contributed by atoms with E-state index in [4.69, 9.17) is 0 Å². The van der Waals surface area contributed by atoms with Gasteiger partial charge in [0.05, 0.1) is 12.2 Å². The van der Waals surface area contributed by atoms with Crippen molar-refractivity contribution in [3.63, 3.8) is 0 Å². The normalized spacial score (nSPS) is 10.6. The Bertz CT molecular complexity index is 914. The lowest BCUT2D eigenvalue weighted by Gasteiger charge is -2.07. The smallest absolute Gasteiger partial charge is 0.255 e. The Kier molecular flexibility index (Phi) is 4.29. The molecule has 0 saturated heterocycles. The number of aromatic nitrogens is 2. The third kappa shape index (κ3) is 3.60. The highest BCUT2D eigenvalue weighted by molar-refractivity contribution is 6.05. The average molecular weight is 322 g/mol. The SMILES string of the molecule is CC(=O)NCc1cc(C(=O)Nc2ccc3[nH]c(C)cc3c2)ccn1. The Morgan fingerprint density at radius 2 is 2.00 bits per heavy atom. The number of aryl methyl sites for hydroxylation is 1. The number of hydrogen-bond donors (Lipinski definition) is 3. The minimum atomic E-state index is -0.215. The third-order valence-electron chi connectivity index (χ3n) is 3.61. The number of H-pyrrole nitrogens is 1. The molecule has 3 aromatic rings. The molecule has 0 unspecified atom stereocenters. The third-order valence-corrected chi connectivity index (χ3v) is 3.61. The number of rotatable bonds is 4. The van der Waals surface area contributed by atoms with Gasteiger partial charge in [-0.05, 0) is 43.3 Å². The van der Waals surface area contributed by atoms with Crippen LogP contribution >= 0.6 is 0 Å². The van der Waals surface area contributed by atoms with Crippen LogP contribution in [0.2, 0.25) is 0 Å². The number of fused-ring (bicyclic) bond motifs is 1. The van der Waals surface area contributed by atoms with Crippen molar-refractivity contribution in [1.29, 1.82) is 0 Å². The van der Waals surface area contributed by atoms with Gasteiger partial charge in [-0.3, -0.25) is 14.6 Å². The maximum atomic E-state index is 12.4. The van der Waals surface area contributed by atoms with Crippen molar-refractivity contribution in [3.8, 4) is 0 Å². The number of anilines is 1. The molecular formula is C18H18N4O2. The second-order valence-electron chi connectivity index (χ2n) is 5.65. The largest absolute Gasteiger partial charge is 0.359 e. The lowest BCUT2D eigenvalue weighted by Crippen LogP contribution is -2.20. The molecule has 6 nitrogen and oxygen atoms in total. The lowest BCUT2D eigenvalue weighted by molar-refractivity contribution is -0.119. The van der Waals surface area contributed by atoms with Gasteiger partial charge in [-0.25, -0.2) is 0 Å². The maximum absolute atomic E-state index is 12.4. The van der Waals surface area contributed by atoms with Crippen molar-refractivity contribution in [2.24, 2.45) is 0 Å². The molecule has 0 radical (unpaired) electrons. The van der Waals surface area contributed by atoms with Crippen molar-refractivity contribution < 1.29 is 9.59 Å². The summed E-state index contributed by atoms with van der Waals surface area (Å²) in [6.45, 7) is 3.73. The first-order valence-electron chi connectivity index (χ1n) is 7.61. The van der Waals surface area contributed by atoms with E-state index >= 15 is 0 Å². The van der Waals surface area contributed by atoms with Gasteiger partial charge >= 0.3 is 0 Å². The quantitative estimate of drug-likeness (QED) is 0.690. The highest BCUT2D eigenvalue weighted by Gasteiger charge is 2.09. The van der Waals surface area contributed by atoms with Crippen molar-refractivity contribution in [2.75, 3.05) is 5.32 Å². The van der Waals surface area contributed by atoms with Gasteiger partial charge in [0.1, 0.15) is 0 Å². The van der Waals surface area contributed by atoms with Crippen molar-refractivity contribution >= 4 is 28.4 Å². The van der Waals surface area contributed by atoms with E-state index in [-0.39, 0.29) is 11.8 Å². The lowest BCUT2D eigenvalue weighted by atomic mass is 10.2. The van der Waals surface area contributed by atoms with E-state index in [9.17, 15) is 9.59 Å². The van der Waals surface area contributed by atoms with Gasteiger partial charge in [0.15, 0.2) is 0 Å². The standard InChI is InChI=1S/C18H18N4O2/c1-11-7-14-9-15(3-4-17(14)21-11)22-18(24)13-5-6-19-16(8-13)10-20-12(2)23/h3-9,21H,10H2,1-2H3,(H,20,23)(H,22,24). The molecule has 2 amide bonds.